The molecule has 0 amide bonds. The summed E-state index contributed by atoms with van der Waals surface area (Å²) in [6, 6.07) is 32.1. The Bertz CT molecular complexity index is 881. The summed E-state index contributed by atoms with van der Waals surface area (Å²) in [6.07, 6.45) is 1.88. The minimum atomic E-state index is -0.608. The predicted octanol–water partition coefficient (Wildman–Crippen LogP) is 3.99. The number of hydrogen-bond acceptors (Lipinski definition) is 1. The van der Waals surface area contributed by atoms with Crippen molar-refractivity contribution in [3.05, 3.63) is 97.2 Å². The van der Waals surface area contributed by atoms with Gasteiger partial charge in [0.15, 0.2) is 0 Å². The van der Waals surface area contributed by atoms with Crippen LogP contribution >= 0.6 is 7.92 Å². The first-order valence-electron chi connectivity index (χ1n) is 7.67. The molecule has 4 rings (SSSR count). The molecule has 4 aromatic rings. The van der Waals surface area contributed by atoms with Crippen LogP contribution in [0.3, 0.4) is 0 Å². The van der Waals surface area contributed by atoms with E-state index in [9.17, 15) is 0 Å². The molecule has 0 fully saturated rings. The van der Waals surface area contributed by atoms with Crippen molar-refractivity contribution in [2.75, 3.05) is 0 Å². The van der Waals surface area contributed by atoms with Gasteiger partial charge in [0.25, 0.3) is 0 Å². The fraction of sp³-hybridized carbons (Fsp3) is 0. The van der Waals surface area contributed by atoms with Crippen molar-refractivity contribution < 1.29 is 17.1 Å². The molecule has 0 spiro atoms. The van der Waals surface area contributed by atoms with Gasteiger partial charge in [0.1, 0.15) is 0 Å². The fourth-order valence-electron chi connectivity index (χ4n) is 2.85. The summed E-state index contributed by atoms with van der Waals surface area (Å²) >= 11 is 0. The first kappa shape index (κ1) is 16.9. The number of nitrogens with zero attached hydrogens (tertiary/aromatic N) is 1. The van der Waals surface area contributed by atoms with Gasteiger partial charge < -0.3 is 0 Å². The monoisotopic (exact) mass is 369 g/mol. The summed E-state index contributed by atoms with van der Waals surface area (Å²) in [5.41, 5.74) is 1.11. The molecule has 1 heterocycles. The normalized spacial score (nSPS) is 10.5. The average Bonchev–Trinajstić information content (AvgIpc) is 2.64. The summed E-state index contributed by atoms with van der Waals surface area (Å²) in [5, 5.41) is 5.22. The van der Waals surface area contributed by atoms with E-state index >= 15 is 0 Å². The Balaban J connectivity index is 0.00000169. The third-order valence-electron chi connectivity index (χ3n) is 3.88. The molecule has 1 aromatic heterocycles. The SMILES string of the molecule is [Fe].c1ccc(P(c2ccccc2)c2cccc3cccnc23)cc1. The van der Waals surface area contributed by atoms with Gasteiger partial charge in [0.05, 0.1) is 5.52 Å². The molecule has 3 aromatic carbocycles. The molecular formula is C21H16FeNP. The van der Waals surface area contributed by atoms with E-state index in [0.717, 1.165) is 5.52 Å². The Morgan fingerprint density at radius 1 is 0.583 bits per heavy atom. The van der Waals surface area contributed by atoms with Crippen LogP contribution in [0.25, 0.3) is 10.9 Å². The molecule has 0 saturated carbocycles. The molecule has 0 radical (unpaired) electrons. The standard InChI is InChI=1S/C21H16NP.Fe/c1-3-11-18(12-4-1)23(19-13-5-2-6-14-19)20-15-7-9-17-10-8-16-22-21(17)20;/h1-16H;. The first-order valence-corrected chi connectivity index (χ1v) is 9.01. The van der Waals surface area contributed by atoms with Crippen LogP contribution in [0.4, 0.5) is 0 Å². The number of benzene rings is 3. The number of pyridine rings is 1. The van der Waals surface area contributed by atoms with E-state index in [1.165, 1.54) is 21.3 Å². The topological polar surface area (TPSA) is 12.9 Å². The van der Waals surface area contributed by atoms with Crippen LogP contribution in [0, 0.1) is 0 Å². The zero-order valence-corrected chi connectivity index (χ0v) is 15.0. The van der Waals surface area contributed by atoms with Crippen molar-refractivity contribution in [3.8, 4) is 0 Å². The van der Waals surface area contributed by atoms with Gasteiger partial charge in [-0.05, 0) is 24.6 Å². The molecule has 1 nitrogen and oxygen atoms in total. The maximum Gasteiger partial charge on any atom is 0.0785 e. The molecule has 0 aliphatic rings. The van der Waals surface area contributed by atoms with Gasteiger partial charge in [0.2, 0.25) is 0 Å². The van der Waals surface area contributed by atoms with Crippen molar-refractivity contribution in [3.63, 3.8) is 0 Å². The number of rotatable bonds is 3. The second kappa shape index (κ2) is 7.73. The van der Waals surface area contributed by atoms with Gasteiger partial charge in [-0.15, -0.1) is 0 Å². The molecule has 0 atom stereocenters. The van der Waals surface area contributed by atoms with Gasteiger partial charge in [0, 0.05) is 34.0 Å². The second-order valence-corrected chi connectivity index (χ2v) is 7.54. The van der Waals surface area contributed by atoms with Crippen LogP contribution in [-0.4, -0.2) is 4.98 Å². The maximum absolute atomic E-state index is 4.67. The first-order chi connectivity index (χ1) is 11.4. The van der Waals surface area contributed by atoms with E-state index in [1.807, 2.05) is 12.3 Å². The number of aromatic nitrogens is 1. The van der Waals surface area contributed by atoms with Gasteiger partial charge >= 0.3 is 0 Å². The zero-order valence-electron chi connectivity index (χ0n) is 13.0. The zero-order chi connectivity index (χ0) is 15.5. The van der Waals surface area contributed by atoms with Crippen LogP contribution in [0.5, 0.6) is 0 Å². The number of para-hydroxylation sites is 1. The van der Waals surface area contributed by atoms with E-state index in [2.05, 4.69) is 89.9 Å². The van der Waals surface area contributed by atoms with E-state index in [0.29, 0.717) is 0 Å². The number of fused-ring (bicyclic) bond motifs is 1. The van der Waals surface area contributed by atoms with Crippen molar-refractivity contribution in [2.24, 2.45) is 0 Å². The van der Waals surface area contributed by atoms with Gasteiger partial charge in [-0.25, -0.2) is 0 Å². The van der Waals surface area contributed by atoms with Gasteiger partial charge in [-0.1, -0.05) is 84.9 Å². The molecule has 3 heteroatoms. The van der Waals surface area contributed by atoms with Crippen LogP contribution in [0.1, 0.15) is 0 Å². The van der Waals surface area contributed by atoms with E-state index < -0.39 is 7.92 Å². The van der Waals surface area contributed by atoms with Crippen molar-refractivity contribution in [1.29, 1.82) is 0 Å². The van der Waals surface area contributed by atoms with Gasteiger partial charge in [-0.3, -0.25) is 4.98 Å². The molecule has 0 saturated heterocycles. The van der Waals surface area contributed by atoms with Crippen molar-refractivity contribution >= 4 is 34.7 Å². The molecule has 0 aliphatic heterocycles. The smallest absolute Gasteiger partial charge is 0.0785 e. The number of hydrogen-bond donors (Lipinski definition) is 0. The Morgan fingerprint density at radius 2 is 1.17 bits per heavy atom. The Labute approximate surface area is 154 Å². The summed E-state index contributed by atoms with van der Waals surface area (Å²) in [6.45, 7) is 0. The molecular weight excluding hydrogens is 353 g/mol. The quantitative estimate of drug-likeness (QED) is 0.393. The minimum absolute atomic E-state index is 0. The molecule has 0 N–H and O–H groups in total. The van der Waals surface area contributed by atoms with Crippen LogP contribution in [0.2, 0.25) is 0 Å². The van der Waals surface area contributed by atoms with E-state index in [1.54, 1.807) is 0 Å². The van der Waals surface area contributed by atoms with Gasteiger partial charge in [-0.2, -0.15) is 0 Å². The Hall–Kier alpha value is -1.98. The molecule has 0 aliphatic carbocycles. The van der Waals surface area contributed by atoms with Crippen molar-refractivity contribution in [2.45, 2.75) is 0 Å². The summed E-state index contributed by atoms with van der Waals surface area (Å²) in [7, 11) is -0.608. The maximum atomic E-state index is 4.67. The van der Waals surface area contributed by atoms with Crippen molar-refractivity contribution in [1.82, 2.24) is 4.98 Å². The molecule has 118 valence electrons. The van der Waals surface area contributed by atoms with Crippen LogP contribution in [-0.2, 0) is 17.1 Å². The molecule has 24 heavy (non-hydrogen) atoms. The Kier molecular flexibility index (Phi) is 5.43. The fourth-order valence-corrected chi connectivity index (χ4v) is 5.28. The average molecular weight is 369 g/mol. The summed E-state index contributed by atoms with van der Waals surface area (Å²) in [4.78, 5) is 4.67. The Morgan fingerprint density at radius 3 is 1.79 bits per heavy atom. The minimum Gasteiger partial charge on any atom is -0.256 e. The second-order valence-electron chi connectivity index (χ2n) is 5.36. The van der Waals surface area contributed by atoms with Crippen LogP contribution in [0.15, 0.2) is 97.2 Å². The largest absolute Gasteiger partial charge is 0.256 e. The summed E-state index contributed by atoms with van der Waals surface area (Å²) < 4.78 is 0. The third kappa shape index (κ3) is 3.28. The van der Waals surface area contributed by atoms with E-state index in [-0.39, 0.29) is 17.1 Å². The predicted molar refractivity (Wildman–Crippen MR) is 100 cm³/mol. The van der Waals surface area contributed by atoms with Crippen LogP contribution < -0.4 is 15.9 Å². The summed E-state index contributed by atoms with van der Waals surface area (Å²) in [5.74, 6) is 0. The van der Waals surface area contributed by atoms with E-state index in [4.69, 9.17) is 0 Å². The third-order valence-corrected chi connectivity index (χ3v) is 6.35. The molecule has 0 bridgehead atoms. The molecule has 0 unspecified atom stereocenters.